The van der Waals surface area contributed by atoms with Gasteiger partial charge < -0.3 is 14.8 Å². The topological polar surface area (TPSA) is 50.2 Å². The lowest BCUT2D eigenvalue weighted by Gasteiger charge is -2.35. The monoisotopic (exact) mass is 344 g/mol. The Labute approximate surface area is 147 Å². The predicted octanol–water partition coefficient (Wildman–Crippen LogP) is 2.38. The molecule has 0 aliphatic carbocycles. The van der Waals surface area contributed by atoms with E-state index in [2.05, 4.69) is 41.5 Å². The van der Waals surface area contributed by atoms with Gasteiger partial charge in [0.05, 0.1) is 0 Å². The van der Waals surface area contributed by atoms with Crippen LogP contribution in [0.1, 0.15) is 23.9 Å². The first-order valence-corrected chi connectivity index (χ1v) is 9.30. The first-order chi connectivity index (χ1) is 11.6. The number of thioether (sulfide) groups is 1. The number of benzene rings is 1. The number of aryl methyl sites for hydroxylation is 2. The molecule has 1 aliphatic heterocycles. The molecule has 1 unspecified atom stereocenters. The Morgan fingerprint density at radius 3 is 2.88 bits per heavy atom. The van der Waals surface area contributed by atoms with Gasteiger partial charge >= 0.3 is 0 Å². The minimum Gasteiger partial charge on any atom is -0.336 e. The summed E-state index contributed by atoms with van der Waals surface area (Å²) in [5, 5.41) is 3.37. The van der Waals surface area contributed by atoms with E-state index in [9.17, 15) is 4.79 Å². The summed E-state index contributed by atoms with van der Waals surface area (Å²) >= 11 is 1.74. The molecule has 2 heterocycles. The Bertz CT molecular complexity index is 683. The highest BCUT2D eigenvalue weighted by Crippen LogP contribution is 2.23. The van der Waals surface area contributed by atoms with Crippen molar-refractivity contribution in [3.63, 3.8) is 0 Å². The van der Waals surface area contributed by atoms with Crippen LogP contribution in [0.15, 0.2) is 41.6 Å². The molecule has 1 atom stereocenters. The summed E-state index contributed by atoms with van der Waals surface area (Å²) in [6.45, 7) is 4.44. The molecule has 1 aliphatic rings. The second-order valence-corrected chi connectivity index (χ2v) is 7.28. The molecule has 1 amide bonds. The van der Waals surface area contributed by atoms with Gasteiger partial charge in [-0.1, -0.05) is 17.7 Å². The maximum atomic E-state index is 12.7. The van der Waals surface area contributed by atoms with Crippen LogP contribution >= 0.6 is 11.8 Å². The molecule has 6 heteroatoms. The first kappa shape index (κ1) is 17.0. The van der Waals surface area contributed by atoms with Crippen molar-refractivity contribution >= 4 is 17.7 Å². The molecule has 1 fully saturated rings. The van der Waals surface area contributed by atoms with E-state index in [1.165, 1.54) is 10.5 Å². The highest BCUT2D eigenvalue weighted by molar-refractivity contribution is 7.99. The minimum atomic E-state index is 0.0237. The Hall–Kier alpha value is -1.79. The van der Waals surface area contributed by atoms with Crippen LogP contribution in [0.25, 0.3) is 0 Å². The lowest BCUT2D eigenvalue weighted by molar-refractivity contribution is -0.134. The molecule has 3 rings (SSSR count). The van der Waals surface area contributed by atoms with Gasteiger partial charge in [0.2, 0.25) is 5.91 Å². The van der Waals surface area contributed by atoms with Gasteiger partial charge in [-0.3, -0.25) is 4.79 Å². The van der Waals surface area contributed by atoms with Crippen LogP contribution in [0.3, 0.4) is 0 Å². The van der Waals surface area contributed by atoms with Crippen LogP contribution in [0.2, 0.25) is 0 Å². The molecular weight excluding hydrogens is 320 g/mol. The van der Waals surface area contributed by atoms with Crippen LogP contribution in [-0.2, 0) is 11.8 Å². The number of piperazine rings is 1. The van der Waals surface area contributed by atoms with Crippen LogP contribution in [-0.4, -0.2) is 45.7 Å². The third kappa shape index (κ3) is 3.99. The molecule has 0 radical (unpaired) electrons. The van der Waals surface area contributed by atoms with Gasteiger partial charge in [-0.25, -0.2) is 4.98 Å². The number of aromatic nitrogens is 2. The van der Waals surface area contributed by atoms with Gasteiger partial charge in [0, 0.05) is 56.1 Å². The second kappa shape index (κ2) is 7.85. The fraction of sp³-hybridized carbons (Fsp3) is 0.444. The van der Waals surface area contributed by atoms with E-state index in [0.29, 0.717) is 6.42 Å². The zero-order valence-corrected chi connectivity index (χ0v) is 15.1. The van der Waals surface area contributed by atoms with Crippen LogP contribution in [0.4, 0.5) is 0 Å². The Morgan fingerprint density at radius 1 is 1.38 bits per heavy atom. The van der Waals surface area contributed by atoms with Gasteiger partial charge in [0.1, 0.15) is 11.9 Å². The van der Waals surface area contributed by atoms with Crippen molar-refractivity contribution in [1.82, 2.24) is 19.8 Å². The summed E-state index contributed by atoms with van der Waals surface area (Å²) < 4.78 is 2.00. The van der Waals surface area contributed by atoms with E-state index in [1.807, 2.05) is 22.7 Å². The van der Waals surface area contributed by atoms with Gasteiger partial charge in [-0.05, 0) is 19.1 Å². The maximum absolute atomic E-state index is 12.7. The third-order valence-corrected chi connectivity index (χ3v) is 5.34. The summed E-state index contributed by atoms with van der Waals surface area (Å²) in [7, 11) is 1.98. The minimum absolute atomic E-state index is 0.0237. The summed E-state index contributed by atoms with van der Waals surface area (Å²) in [6.07, 6.45) is 4.28. The van der Waals surface area contributed by atoms with Crippen molar-refractivity contribution in [2.45, 2.75) is 24.3 Å². The van der Waals surface area contributed by atoms with Crippen LogP contribution < -0.4 is 5.32 Å². The number of carbonyl (C=O) groups is 1. The van der Waals surface area contributed by atoms with Crippen LogP contribution in [0, 0.1) is 6.92 Å². The maximum Gasteiger partial charge on any atom is 0.224 e. The molecule has 0 spiro atoms. The molecule has 24 heavy (non-hydrogen) atoms. The van der Waals surface area contributed by atoms with Gasteiger partial charge in [-0.2, -0.15) is 0 Å². The Morgan fingerprint density at radius 2 is 2.17 bits per heavy atom. The molecule has 1 N–H and O–H groups in total. The molecule has 1 aromatic heterocycles. The van der Waals surface area contributed by atoms with Crippen molar-refractivity contribution in [3.8, 4) is 0 Å². The van der Waals surface area contributed by atoms with Crippen LogP contribution in [0.5, 0.6) is 0 Å². The summed E-state index contributed by atoms with van der Waals surface area (Å²) in [5.74, 6) is 1.96. The van der Waals surface area contributed by atoms with Gasteiger partial charge in [0.25, 0.3) is 0 Å². The van der Waals surface area contributed by atoms with Crippen molar-refractivity contribution in [2.24, 2.45) is 7.05 Å². The predicted molar refractivity (Wildman–Crippen MR) is 97.1 cm³/mol. The smallest absolute Gasteiger partial charge is 0.224 e. The molecule has 128 valence electrons. The lowest BCUT2D eigenvalue weighted by atomic mass is 10.1. The zero-order chi connectivity index (χ0) is 16.9. The number of imidazole rings is 1. The zero-order valence-electron chi connectivity index (χ0n) is 14.2. The first-order valence-electron chi connectivity index (χ1n) is 8.32. The Kier molecular flexibility index (Phi) is 5.58. The molecule has 0 bridgehead atoms. The number of hydrogen-bond donors (Lipinski definition) is 1. The van der Waals surface area contributed by atoms with E-state index in [0.717, 1.165) is 31.2 Å². The highest BCUT2D eigenvalue weighted by Gasteiger charge is 2.29. The van der Waals surface area contributed by atoms with E-state index in [1.54, 1.807) is 18.0 Å². The average molecular weight is 344 g/mol. The van der Waals surface area contributed by atoms with Crippen molar-refractivity contribution in [1.29, 1.82) is 0 Å². The molecule has 5 nitrogen and oxygen atoms in total. The number of carbonyl (C=O) groups excluding carboxylic acids is 1. The average Bonchev–Trinajstić information content (AvgIpc) is 3.02. The summed E-state index contributed by atoms with van der Waals surface area (Å²) in [4.78, 5) is 20.3. The van der Waals surface area contributed by atoms with Gasteiger partial charge in [0.15, 0.2) is 0 Å². The Balaban J connectivity index is 1.58. The van der Waals surface area contributed by atoms with E-state index in [-0.39, 0.29) is 11.9 Å². The fourth-order valence-electron chi connectivity index (χ4n) is 2.97. The number of amides is 1. The summed E-state index contributed by atoms with van der Waals surface area (Å²) in [6, 6.07) is 8.48. The molecule has 1 saturated heterocycles. The van der Waals surface area contributed by atoms with Gasteiger partial charge in [-0.15, -0.1) is 11.8 Å². The lowest BCUT2D eigenvalue weighted by Crippen LogP contribution is -2.49. The summed E-state index contributed by atoms with van der Waals surface area (Å²) in [5.41, 5.74) is 1.26. The quantitative estimate of drug-likeness (QED) is 0.846. The number of hydrogen-bond acceptors (Lipinski definition) is 4. The molecule has 0 saturated carbocycles. The van der Waals surface area contributed by atoms with E-state index >= 15 is 0 Å². The number of nitrogens with zero attached hydrogens (tertiary/aromatic N) is 3. The normalized spacial score (nSPS) is 17.9. The van der Waals surface area contributed by atoms with Crippen molar-refractivity contribution in [2.75, 3.05) is 25.4 Å². The second-order valence-electron chi connectivity index (χ2n) is 6.11. The molecular formula is C18H24N4OS. The number of nitrogens with one attached hydrogen (secondary N) is 1. The van der Waals surface area contributed by atoms with Crippen molar-refractivity contribution < 1.29 is 4.79 Å². The van der Waals surface area contributed by atoms with E-state index < -0.39 is 0 Å². The van der Waals surface area contributed by atoms with Crippen molar-refractivity contribution in [3.05, 3.63) is 48.0 Å². The molecule has 1 aromatic carbocycles. The largest absolute Gasteiger partial charge is 0.336 e. The SMILES string of the molecule is Cc1ccc(SCCC(=O)N2CCNCC2c2nccn2C)cc1. The fourth-order valence-corrected chi connectivity index (χ4v) is 3.81. The van der Waals surface area contributed by atoms with E-state index in [4.69, 9.17) is 0 Å². The number of rotatable bonds is 5. The highest BCUT2D eigenvalue weighted by atomic mass is 32.2. The standard InChI is InChI=1S/C18H24N4OS/c1-14-3-5-15(6-4-14)24-12-7-17(23)22-11-8-19-13-16(22)18-20-9-10-21(18)2/h3-6,9-10,16,19H,7-8,11-13H2,1-2H3. The molecule has 2 aromatic rings. The third-order valence-electron chi connectivity index (χ3n) is 4.33.